The molecule has 0 saturated carbocycles. The minimum absolute atomic E-state index is 0.322. The second-order valence-corrected chi connectivity index (χ2v) is 5.44. The normalized spacial score (nSPS) is 10.3. The first-order valence-corrected chi connectivity index (χ1v) is 7.98. The SMILES string of the molecule is COc1ccc(CNc2ccnc(Nc3cccc(F)c3)n2)cc1OC. The van der Waals surface area contributed by atoms with Crippen LogP contribution in [0.3, 0.4) is 0 Å². The molecule has 26 heavy (non-hydrogen) atoms. The molecule has 2 N–H and O–H groups in total. The van der Waals surface area contributed by atoms with E-state index in [2.05, 4.69) is 20.6 Å². The highest BCUT2D eigenvalue weighted by Crippen LogP contribution is 2.27. The van der Waals surface area contributed by atoms with E-state index in [0.29, 0.717) is 35.5 Å². The third-order valence-corrected chi connectivity index (χ3v) is 3.66. The van der Waals surface area contributed by atoms with Crippen LogP contribution in [0.5, 0.6) is 11.5 Å². The van der Waals surface area contributed by atoms with Gasteiger partial charge in [0.2, 0.25) is 5.95 Å². The summed E-state index contributed by atoms with van der Waals surface area (Å²) in [5.41, 5.74) is 1.60. The van der Waals surface area contributed by atoms with E-state index in [1.54, 1.807) is 38.6 Å². The van der Waals surface area contributed by atoms with Gasteiger partial charge in [-0.3, -0.25) is 0 Å². The van der Waals surface area contributed by atoms with Crippen LogP contribution in [0, 0.1) is 5.82 Å². The van der Waals surface area contributed by atoms with E-state index in [1.165, 1.54) is 12.1 Å². The molecule has 0 spiro atoms. The first kappa shape index (κ1) is 17.5. The van der Waals surface area contributed by atoms with E-state index < -0.39 is 0 Å². The van der Waals surface area contributed by atoms with Crippen molar-refractivity contribution in [2.75, 3.05) is 24.9 Å². The molecule has 0 aliphatic heterocycles. The summed E-state index contributed by atoms with van der Waals surface area (Å²) in [5, 5.41) is 6.20. The number of halogens is 1. The number of benzene rings is 2. The molecule has 1 aromatic heterocycles. The Morgan fingerprint density at radius 2 is 1.85 bits per heavy atom. The monoisotopic (exact) mass is 354 g/mol. The van der Waals surface area contributed by atoms with Crippen molar-refractivity contribution in [3.05, 3.63) is 66.1 Å². The van der Waals surface area contributed by atoms with Crippen LogP contribution in [0.25, 0.3) is 0 Å². The van der Waals surface area contributed by atoms with Crippen LogP contribution in [0.1, 0.15) is 5.56 Å². The Bertz CT molecular complexity index is 889. The lowest BCUT2D eigenvalue weighted by Gasteiger charge is -2.11. The summed E-state index contributed by atoms with van der Waals surface area (Å²) < 4.78 is 23.8. The van der Waals surface area contributed by atoms with Crippen LogP contribution < -0.4 is 20.1 Å². The Morgan fingerprint density at radius 3 is 2.62 bits per heavy atom. The molecule has 7 heteroatoms. The number of rotatable bonds is 7. The molecule has 6 nitrogen and oxygen atoms in total. The fraction of sp³-hybridized carbons (Fsp3) is 0.158. The van der Waals surface area contributed by atoms with E-state index in [1.807, 2.05) is 18.2 Å². The first-order chi connectivity index (χ1) is 12.7. The average Bonchev–Trinajstić information content (AvgIpc) is 2.66. The van der Waals surface area contributed by atoms with Crippen LogP contribution in [0.2, 0.25) is 0 Å². The number of aromatic nitrogens is 2. The molecule has 0 bridgehead atoms. The quantitative estimate of drug-likeness (QED) is 0.669. The zero-order valence-corrected chi connectivity index (χ0v) is 14.5. The van der Waals surface area contributed by atoms with Crippen molar-refractivity contribution < 1.29 is 13.9 Å². The highest BCUT2D eigenvalue weighted by atomic mass is 19.1. The molecule has 0 aliphatic carbocycles. The summed E-state index contributed by atoms with van der Waals surface area (Å²) in [7, 11) is 3.20. The van der Waals surface area contributed by atoms with E-state index in [0.717, 1.165) is 5.56 Å². The lowest BCUT2D eigenvalue weighted by atomic mass is 10.2. The van der Waals surface area contributed by atoms with Gasteiger partial charge in [-0.25, -0.2) is 9.37 Å². The molecule has 0 aliphatic rings. The lowest BCUT2D eigenvalue weighted by molar-refractivity contribution is 0.354. The van der Waals surface area contributed by atoms with Crippen LogP contribution in [0.4, 0.5) is 21.8 Å². The highest BCUT2D eigenvalue weighted by Gasteiger charge is 2.05. The summed E-state index contributed by atoms with van der Waals surface area (Å²) in [4.78, 5) is 8.53. The number of hydrogen-bond donors (Lipinski definition) is 2. The molecule has 0 unspecified atom stereocenters. The summed E-state index contributed by atoms with van der Waals surface area (Å²) in [6.07, 6.45) is 1.63. The van der Waals surface area contributed by atoms with Crippen LogP contribution in [-0.2, 0) is 6.54 Å². The van der Waals surface area contributed by atoms with Crippen molar-refractivity contribution >= 4 is 17.5 Å². The number of nitrogens with zero attached hydrogens (tertiary/aromatic N) is 2. The highest BCUT2D eigenvalue weighted by molar-refractivity contribution is 5.54. The summed E-state index contributed by atoms with van der Waals surface area (Å²) in [5.74, 6) is 2.06. The number of hydrogen-bond acceptors (Lipinski definition) is 6. The first-order valence-electron chi connectivity index (χ1n) is 7.98. The van der Waals surface area contributed by atoms with Crippen molar-refractivity contribution in [3.63, 3.8) is 0 Å². The van der Waals surface area contributed by atoms with E-state index in [4.69, 9.17) is 9.47 Å². The Kier molecular flexibility index (Phi) is 5.48. The maximum absolute atomic E-state index is 13.3. The lowest BCUT2D eigenvalue weighted by Crippen LogP contribution is -2.04. The van der Waals surface area contributed by atoms with Gasteiger partial charge in [-0.05, 0) is 42.0 Å². The van der Waals surface area contributed by atoms with Gasteiger partial charge in [-0.1, -0.05) is 12.1 Å². The van der Waals surface area contributed by atoms with E-state index >= 15 is 0 Å². The maximum Gasteiger partial charge on any atom is 0.229 e. The Morgan fingerprint density at radius 1 is 1.00 bits per heavy atom. The van der Waals surface area contributed by atoms with E-state index in [-0.39, 0.29) is 5.82 Å². The number of anilines is 3. The molecule has 3 aromatic rings. The van der Waals surface area contributed by atoms with Crippen LogP contribution >= 0.6 is 0 Å². The smallest absolute Gasteiger partial charge is 0.229 e. The molecule has 3 rings (SSSR count). The molecular formula is C19H19FN4O2. The third-order valence-electron chi connectivity index (χ3n) is 3.66. The topological polar surface area (TPSA) is 68.3 Å². The number of nitrogens with one attached hydrogen (secondary N) is 2. The average molecular weight is 354 g/mol. The number of methoxy groups -OCH3 is 2. The minimum Gasteiger partial charge on any atom is -0.493 e. The second kappa shape index (κ2) is 8.15. The molecule has 0 amide bonds. The van der Waals surface area contributed by atoms with Crippen molar-refractivity contribution in [1.29, 1.82) is 0 Å². The van der Waals surface area contributed by atoms with Gasteiger partial charge < -0.3 is 20.1 Å². The van der Waals surface area contributed by atoms with Gasteiger partial charge in [0.05, 0.1) is 14.2 Å². The molecule has 134 valence electrons. The summed E-state index contributed by atoms with van der Waals surface area (Å²) >= 11 is 0. The fourth-order valence-electron chi connectivity index (χ4n) is 2.40. The van der Waals surface area contributed by atoms with Gasteiger partial charge in [-0.15, -0.1) is 0 Å². The Labute approximate surface area is 151 Å². The summed E-state index contributed by atoms with van der Waals surface area (Å²) in [6, 6.07) is 13.6. The predicted octanol–water partition coefficient (Wildman–Crippen LogP) is 3.99. The van der Waals surface area contributed by atoms with Crippen molar-refractivity contribution in [2.45, 2.75) is 6.54 Å². The maximum atomic E-state index is 13.3. The van der Waals surface area contributed by atoms with Gasteiger partial charge in [0.1, 0.15) is 11.6 Å². The molecular weight excluding hydrogens is 335 g/mol. The number of ether oxygens (including phenoxy) is 2. The third kappa shape index (κ3) is 4.38. The standard InChI is InChI=1S/C19H19FN4O2/c1-25-16-7-6-13(10-17(16)26-2)12-22-18-8-9-21-19(24-18)23-15-5-3-4-14(20)11-15/h3-11H,12H2,1-2H3,(H2,21,22,23,24). The van der Waals surface area contributed by atoms with Gasteiger partial charge in [0, 0.05) is 18.4 Å². The van der Waals surface area contributed by atoms with Crippen molar-refractivity contribution in [3.8, 4) is 11.5 Å². The summed E-state index contributed by atoms with van der Waals surface area (Å²) in [6.45, 7) is 0.552. The molecule has 0 atom stereocenters. The largest absolute Gasteiger partial charge is 0.493 e. The zero-order valence-electron chi connectivity index (χ0n) is 14.5. The zero-order chi connectivity index (χ0) is 18.4. The Hall–Kier alpha value is -3.35. The molecule has 2 aromatic carbocycles. The predicted molar refractivity (Wildman–Crippen MR) is 98.6 cm³/mol. The Balaban J connectivity index is 1.67. The van der Waals surface area contributed by atoms with Gasteiger partial charge in [0.15, 0.2) is 11.5 Å². The minimum atomic E-state index is -0.322. The van der Waals surface area contributed by atoms with Gasteiger partial charge >= 0.3 is 0 Å². The molecule has 0 saturated heterocycles. The van der Waals surface area contributed by atoms with Gasteiger partial charge in [0.25, 0.3) is 0 Å². The van der Waals surface area contributed by atoms with Gasteiger partial charge in [-0.2, -0.15) is 4.98 Å². The fourth-order valence-corrected chi connectivity index (χ4v) is 2.40. The van der Waals surface area contributed by atoms with Crippen molar-refractivity contribution in [2.24, 2.45) is 0 Å². The molecule has 0 fully saturated rings. The van der Waals surface area contributed by atoms with Crippen molar-refractivity contribution in [1.82, 2.24) is 9.97 Å². The molecule has 0 radical (unpaired) electrons. The van der Waals surface area contributed by atoms with Crippen LogP contribution in [0.15, 0.2) is 54.7 Å². The second-order valence-electron chi connectivity index (χ2n) is 5.44. The van der Waals surface area contributed by atoms with Crippen LogP contribution in [-0.4, -0.2) is 24.2 Å². The molecule has 1 heterocycles. The van der Waals surface area contributed by atoms with E-state index in [9.17, 15) is 4.39 Å².